The van der Waals surface area contributed by atoms with E-state index in [1.165, 1.54) is 200 Å². The lowest BCUT2D eigenvalue weighted by Crippen LogP contribution is -2.37. The summed E-state index contributed by atoms with van der Waals surface area (Å²) in [5.41, 5.74) is 49.5. The van der Waals surface area contributed by atoms with E-state index in [1.54, 1.807) is 5.19 Å². The number of hydrogen-bond acceptors (Lipinski definition) is 0. The molecule has 118 heavy (non-hydrogen) atoms. The normalized spacial score (nSPS) is 11.2. The Bertz CT molecular complexity index is 5390. The minimum atomic E-state index is -1.06. The summed E-state index contributed by atoms with van der Waals surface area (Å²) >= 11 is 0. The number of aryl methyl sites for hydroxylation is 21. The smallest absolute Gasteiger partial charge is 0.0656 e. The molecule has 0 saturated carbocycles. The summed E-state index contributed by atoms with van der Waals surface area (Å²) in [5, 5.41) is 1.54. The van der Waals surface area contributed by atoms with E-state index >= 15 is 0 Å². The topological polar surface area (TPSA) is 0 Å². The molecule has 0 saturated heterocycles. The van der Waals surface area contributed by atoms with Crippen LogP contribution in [0.4, 0.5) is 0 Å². The van der Waals surface area contributed by atoms with Crippen LogP contribution in [0.2, 0.25) is 19.6 Å². The summed E-state index contributed by atoms with van der Waals surface area (Å²) in [6.07, 6.45) is 0. The minimum absolute atomic E-state index is 0.133. The first-order valence-corrected chi connectivity index (χ1v) is 46.0. The number of fused-ring (bicyclic) bond motifs is 3. The molecule has 0 aliphatic heterocycles. The molecule has 1 aliphatic carbocycles. The first-order chi connectivity index (χ1) is 55.5. The Hall–Kier alpha value is -10.7. The van der Waals surface area contributed by atoms with Gasteiger partial charge in [0.05, 0.1) is 8.07 Å². The molecule has 0 aromatic heterocycles. The Balaban J connectivity index is 0.000000185. The molecular weight excluding hydrogens is 1430 g/mol. The van der Waals surface area contributed by atoms with Gasteiger partial charge in [0.2, 0.25) is 0 Å². The molecular formula is C117H140Si. The Kier molecular flexibility index (Phi) is 34.5. The van der Waals surface area contributed by atoms with E-state index in [1.807, 2.05) is 6.07 Å². The molecule has 0 unspecified atom stereocenters. The first kappa shape index (κ1) is 94.4. The molecule has 0 atom stereocenters. The van der Waals surface area contributed by atoms with Crippen molar-refractivity contribution in [3.63, 3.8) is 0 Å². The zero-order valence-corrected chi connectivity index (χ0v) is 79.1. The number of benzene rings is 14. The first-order valence-electron chi connectivity index (χ1n) is 42.5. The minimum Gasteiger partial charge on any atom is -0.0656 e. The van der Waals surface area contributed by atoms with Crippen LogP contribution < -0.4 is 5.19 Å². The number of rotatable bonds is 5. The lowest BCUT2D eigenvalue weighted by atomic mass is 9.79. The van der Waals surface area contributed by atoms with Crippen LogP contribution in [-0.4, -0.2) is 8.07 Å². The van der Waals surface area contributed by atoms with Crippen molar-refractivity contribution in [3.8, 4) is 55.6 Å². The second kappa shape index (κ2) is 43.1. The highest BCUT2D eigenvalue weighted by molar-refractivity contribution is 6.88. The van der Waals surface area contributed by atoms with Crippen molar-refractivity contribution in [2.45, 2.75) is 224 Å². The predicted octanol–water partition coefficient (Wildman–Crippen LogP) is 33.1. The fraction of sp³-hybridized carbons (Fsp3) is 0.282. The fourth-order valence-corrected chi connectivity index (χ4v) is 16.5. The molecule has 14 aromatic carbocycles. The Morgan fingerprint density at radius 2 is 0.576 bits per heavy atom. The molecule has 15 rings (SSSR count). The van der Waals surface area contributed by atoms with Gasteiger partial charge in [0, 0.05) is 5.41 Å². The monoisotopic (exact) mass is 1570 g/mol. The third-order valence-electron chi connectivity index (χ3n) is 22.6. The van der Waals surface area contributed by atoms with Crippen molar-refractivity contribution >= 4 is 13.3 Å². The molecule has 0 heterocycles. The summed E-state index contributed by atoms with van der Waals surface area (Å²) in [4.78, 5) is 0. The van der Waals surface area contributed by atoms with Gasteiger partial charge in [0.15, 0.2) is 0 Å². The molecule has 0 radical (unpaired) electrons. The molecule has 612 valence electrons. The largest absolute Gasteiger partial charge is 0.0775 e. The summed E-state index contributed by atoms with van der Waals surface area (Å²) < 4.78 is 0. The third kappa shape index (κ3) is 28.0. The summed E-state index contributed by atoms with van der Waals surface area (Å²) in [5.74, 6) is 0. The van der Waals surface area contributed by atoms with Crippen molar-refractivity contribution in [3.05, 3.63) is 430 Å². The van der Waals surface area contributed by atoms with E-state index in [4.69, 9.17) is 0 Å². The van der Waals surface area contributed by atoms with Gasteiger partial charge < -0.3 is 0 Å². The van der Waals surface area contributed by atoms with Crippen LogP contribution in [0.25, 0.3) is 55.6 Å². The van der Waals surface area contributed by atoms with Crippen molar-refractivity contribution in [2.75, 3.05) is 0 Å². The van der Waals surface area contributed by atoms with Gasteiger partial charge in [0.1, 0.15) is 0 Å². The highest BCUT2D eigenvalue weighted by Crippen LogP contribution is 2.51. The molecule has 0 nitrogen and oxygen atoms in total. The molecule has 1 heteroatoms. The quantitative estimate of drug-likeness (QED) is 0.151. The zero-order chi connectivity index (χ0) is 87.1. The molecule has 0 spiro atoms. The molecule has 0 N–H and O–H groups in total. The van der Waals surface area contributed by atoms with Gasteiger partial charge in [-0.3, -0.25) is 0 Å². The van der Waals surface area contributed by atoms with Crippen molar-refractivity contribution < 1.29 is 0 Å². The lowest BCUT2D eigenvalue weighted by Gasteiger charge is -2.24. The van der Waals surface area contributed by atoms with E-state index in [0.717, 1.165) is 0 Å². The summed E-state index contributed by atoms with van der Waals surface area (Å²) in [6, 6.07) is 103. The Morgan fingerprint density at radius 1 is 0.220 bits per heavy atom. The van der Waals surface area contributed by atoms with Crippen molar-refractivity contribution in [2.24, 2.45) is 0 Å². The molecule has 14 aromatic rings. The molecule has 0 bridgehead atoms. The van der Waals surface area contributed by atoms with Gasteiger partial charge in [-0.15, -0.1) is 0 Å². The van der Waals surface area contributed by atoms with E-state index in [9.17, 15) is 0 Å². The van der Waals surface area contributed by atoms with Crippen LogP contribution in [-0.2, 0) is 10.8 Å². The highest BCUT2D eigenvalue weighted by atomic mass is 28.3. The van der Waals surface area contributed by atoms with Gasteiger partial charge in [0.25, 0.3) is 0 Å². The van der Waals surface area contributed by atoms with Crippen LogP contribution in [0.3, 0.4) is 0 Å². The molecule has 0 fully saturated rings. The van der Waals surface area contributed by atoms with Crippen LogP contribution >= 0.6 is 0 Å². The van der Waals surface area contributed by atoms with E-state index in [0.29, 0.717) is 0 Å². The van der Waals surface area contributed by atoms with Crippen LogP contribution in [0.1, 0.15) is 179 Å². The average molecular weight is 1570 g/mol. The van der Waals surface area contributed by atoms with Gasteiger partial charge in [-0.25, -0.2) is 0 Å². The van der Waals surface area contributed by atoms with E-state index in [-0.39, 0.29) is 10.8 Å². The lowest BCUT2D eigenvalue weighted by molar-refractivity contribution is 0.590. The highest BCUT2D eigenvalue weighted by Gasteiger charge is 2.37. The van der Waals surface area contributed by atoms with Gasteiger partial charge in [-0.05, 0) is 298 Å². The van der Waals surface area contributed by atoms with Crippen molar-refractivity contribution in [1.29, 1.82) is 0 Å². The van der Waals surface area contributed by atoms with Crippen molar-refractivity contribution in [1.82, 2.24) is 0 Å². The fourth-order valence-electron chi connectivity index (χ4n) is 15.3. The SMILES string of the molecule is Cc1cc(C)cc(-c2c(C)cc(C)cc2C)c1.Cc1cc2c(c(C)c1C)C(C)(C)c1ccccc1-2.Cc1ccc(-c2c(C)cccc2C)cc1.Cc1ccc(-c2cc(C)cc(C)c2)cc1.Cc1ccc(-c2ccccc2)cc1C.Cc1ccc(C(C)(C)C)cc1.Cc1ccc(C)c(C)c1.Cc1ccc(C)cc1.Cc1ccc([Si](C)(C)C)cc1. The second-order valence-corrected chi connectivity index (χ2v) is 41.3. The second-order valence-electron chi connectivity index (χ2n) is 36.2. The Labute approximate surface area is 718 Å². The van der Waals surface area contributed by atoms with E-state index < -0.39 is 8.07 Å². The van der Waals surface area contributed by atoms with Gasteiger partial charge in [-0.2, -0.15) is 0 Å². The van der Waals surface area contributed by atoms with Gasteiger partial charge in [-0.1, -0.05) is 411 Å². The standard InChI is InChI=1S/C18H20.C17H20.2C15H16.C14H14.C11H16.C10H16Si.C9H12.C8H10/c1-11-10-15-14-8-6-7-9-16(14)18(4,5)17(15)13(3)12(11)2;1-11-6-12(2)10-16(9-11)17-14(4)7-13(3)8-15(17)5;1-11-4-6-14(7-5-11)15-9-12(2)8-13(3)10-15;1-11-7-9-14(10-8-11)15-12(2)5-4-6-13(15)3;1-11-8-9-14(10-12(11)2)13-6-4-3-5-7-13;2*1-9-5-7-10(8-6-9)11(2,3)4;1-7-4-5-8(2)9(3)6-7;1-7-3-5-8(2)6-4-7/h6-10H,1-5H3;6-10H,1-5H3;2*4-10H,1-3H3;3-10H,1-2H3;2*5-8H,1-4H3;4-6H,1-3H3;3-6H,1-2H3. The summed E-state index contributed by atoms with van der Waals surface area (Å²) in [6.45, 7) is 68.1. The summed E-state index contributed by atoms with van der Waals surface area (Å²) in [7, 11) is -1.06. The number of hydrogen-bond donors (Lipinski definition) is 0. The van der Waals surface area contributed by atoms with Gasteiger partial charge >= 0.3 is 0 Å². The third-order valence-corrected chi connectivity index (χ3v) is 24.7. The zero-order valence-electron chi connectivity index (χ0n) is 78.1. The maximum atomic E-state index is 2.37. The van der Waals surface area contributed by atoms with Crippen LogP contribution in [0.5, 0.6) is 0 Å². The van der Waals surface area contributed by atoms with E-state index in [2.05, 4.69) is 493 Å². The maximum absolute atomic E-state index is 2.37. The maximum Gasteiger partial charge on any atom is 0.0775 e. The Morgan fingerprint density at radius 3 is 1.02 bits per heavy atom. The molecule has 0 amide bonds. The average Bonchev–Trinajstić information content (AvgIpc) is 1.57. The van der Waals surface area contributed by atoms with Crippen LogP contribution in [0, 0.1) is 159 Å². The van der Waals surface area contributed by atoms with Crippen LogP contribution in [0.15, 0.2) is 285 Å². The predicted molar refractivity (Wildman–Crippen MR) is 528 cm³/mol. The molecule has 1 aliphatic rings.